The molecule has 2 heterocycles. The molecule has 0 aromatic carbocycles. The minimum atomic E-state index is 0.662. The highest BCUT2D eigenvalue weighted by atomic mass is 15.2. The van der Waals surface area contributed by atoms with Crippen LogP contribution in [0.4, 0.5) is 5.82 Å². The summed E-state index contributed by atoms with van der Waals surface area (Å²) >= 11 is 0. The van der Waals surface area contributed by atoms with Gasteiger partial charge in [-0.05, 0) is 32.1 Å². The van der Waals surface area contributed by atoms with E-state index in [-0.39, 0.29) is 0 Å². The van der Waals surface area contributed by atoms with Crippen molar-refractivity contribution in [1.29, 1.82) is 0 Å². The van der Waals surface area contributed by atoms with Crippen LogP contribution in [0.15, 0.2) is 12.4 Å². The first kappa shape index (κ1) is 11.9. The minimum absolute atomic E-state index is 0.662. The van der Waals surface area contributed by atoms with Gasteiger partial charge >= 0.3 is 0 Å². The predicted octanol–water partition coefficient (Wildman–Crippen LogP) is 2.11. The van der Waals surface area contributed by atoms with E-state index in [9.17, 15) is 0 Å². The molecule has 1 atom stereocenters. The summed E-state index contributed by atoms with van der Waals surface area (Å²) in [6, 6.07) is 1.39. The SMILES string of the molecule is CCC1CCCN1c1cnc(CNC2CC2)cn1. The van der Waals surface area contributed by atoms with Crippen LogP contribution < -0.4 is 10.2 Å². The summed E-state index contributed by atoms with van der Waals surface area (Å²) in [5, 5.41) is 3.47. The summed E-state index contributed by atoms with van der Waals surface area (Å²) < 4.78 is 0. The summed E-state index contributed by atoms with van der Waals surface area (Å²) in [6.45, 7) is 4.24. The van der Waals surface area contributed by atoms with Crippen LogP contribution in [-0.2, 0) is 6.54 Å². The van der Waals surface area contributed by atoms with Gasteiger partial charge in [0, 0.05) is 25.2 Å². The molecule has 0 spiro atoms. The van der Waals surface area contributed by atoms with Crippen LogP contribution in [0, 0.1) is 0 Å². The molecule has 1 aliphatic heterocycles. The average Bonchev–Trinajstić information content (AvgIpc) is 3.12. The Kier molecular flexibility index (Phi) is 3.46. The van der Waals surface area contributed by atoms with E-state index in [4.69, 9.17) is 0 Å². The summed E-state index contributed by atoms with van der Waals surface area (Å²) in [5.74, 6) is 1.05. The van der Waals surface area contributed by atoms with Crippen LogP contribution in [0.1, 0.15) is 44.7 Å². The van der Waals surface area contributed by atoms with Gasteiger partial charge in [0.1, 0.15) is 5.82 Å². The number of hydrogen-bond acceptors (Lipinski definition) is 4. The largest absolute Gasteiger partial charge is 0.352 e. The van der Waals surface area contributed by atoms with Crippen molar-refractivity contribution >= 4 is 5.82 Å². The molecule has 98 valence electrons. The van der Waals surface area contributed by atoms with Gasteiger partial charge in [0.25, 0.3) is 0 Å². The van der Waals surface area contributed by atoms with Crippen LogP contribution >= 0.6 is 0 Å². The molecule has 2 fully saturated rings. The monoisotopic (exact) mass is 246 g/mol. The molecule has 0 amide bonds. The van der Waals surface area contributed by atoms with Crippen LogP contribution in [0.2, 0.25) is 0 Å². The quantitative estimate of drug-likeness (QED) is 0.864. The van der Waals surface area contributed by atoms with E-state index in [1.165, 1.54) is 32.1 Å². The van der Waals surface area contributed by atoms with Gasteiger partial charge in [-0.15, -0.1) is 0 Å². The first-order valence-electron chi connectivity index (χ1n) is 7.17. The second kappa shape index (κ2) is 5.22. The van der Waals surface area contributed by atoms with E-state index in [1.54, 1.807) is 0 Å². The lowest BCUT2D eigenvalue weighted by Crippen LogP contribution is -2.29. The molecular weight excluding hydrogens is 224 g/mol. The van der Waals surface area contributed by atoms with Crippen molar-refractivity contribution in [2.45, 2.75) is 57.7 Å². The van der Waals surface area contributed by atoms with Crippen molar-refractivity contribution in [3.05, 3.63) is 18.1 Å². The zero-order valence-corrected chi connectivity index (χ0v) is 11.1. The highest BCUT2D eigenvalue weighted by Gasteiger charge is 2.24. The lowest BCUT2D eigenvalue weighted by Gasteiger charge is -2.24. The second-order valence-corrected chi connectivity index (χ2v) is 5.42. The minimum Gasteiger partial charge on any atom is -0.352 e. The molecule has 1 N–H and O–H groups in total. The summed E-state index contributed by atoms with van der Waals surface area (Å²) in [4.78, 5) is 11.5. The van der Waals surface area contributed by atoms with E-state index < -0.39 is 0 Å². The number of hydrogen-bond donors (Lipinski definition) is 1. The van der Waals surface area contributed by atoms with E-state index in [0.717, 1.165) is 30.6 Å². The Bertz CT molecular complexity index is 385. The fourth-order valence-corrected chi connectivity index (χ4v) is 2.69. The van der Waals surface area contributed by atoms with Crippen molar-refractivity contribution in [1.82, 2.24) is 15.3 Å². The third-order valence-corrected chi connectivity index (χ3v) is 3.98. The third kappa shape index (κ3) is 2.64. The standard InChI is InChI=1S/C14H22N4/c1-2-13-4-3-7-18(13)14-10-16-12(9-17-14)8-15-11-5-6-11/h9-11,13,15H,2-8H2,1H3. The normalized spacial score (nSPS) is 23.6. The molecule has 0 radical (unpaired) electrons. The molecule has 1 aromatic rings. The molecule has 1 saturated heterocycles. The maximum absolute atomic E-state index is 4.58. The zero-order chi connectivity index (χ0) is 12.4. The summed E-state index contributed by atoms with van der Waals surface area (Å²) in [7, 11) is 0. The van der Waals surface area contributed by atoms with Gasteiger partial charge < -0.3 is 10.2 Å². The van der Waals surface area contributed by atoms with E-state index in [1.807, 2.05) is 12.4 Å². The van der Waals surface area contributed by atoms with Gasteiger partial charge in [0.15, 0.2) is 0 Å². The number of nitrogens with zero attached hydrogens (tertiary/aromatic N) is 3. The van der Waals surface area contributed by atoms with E-state index >= 15 is 0 Å². The molecule has 2 aliphatic rings. The van der Waals surface area contributed by atoms with E-state index in [0.29, 0.717) is 6.04 Å². The second-order valence-electron chi connectivity index (χ2n) is 5.42. The summed E-state index contributed by atoms with van der Waals surface area (Å²) in [6.07, 6.45) is 10.3. The Balaban J connectivity index is 1.62. The number of rotatable bonds is 5. The molecule has 4 nitrogen and oxygen atoms in total. The Morgan fingerprint density at radius 2 is 2.17 bits per heavy atom. The topological polar surface area (TPSA) is 41.1 Å². The third-order valence-electron chi connectivity index (χ3n) is 3.98. The summed E-state index contributed by atoms with van der Waals surface area (Å²) in [5.41, 5.74) is 1.05. The smallest absolute Gasteiger partial charge is 0.147 e. The van der Waals surface area contributed by atoms with Gasteiger partial charge in [-0.2, -0.15) is 0 Å². The number of aromatic nitrogens is 2. The fraction of sp³-hybridized carbons (Fsp3) is 0.714. The molecular formula is C14H22N4. The van der Waals surface area contributed by atoms with Crippen molar-refractivity contribution < 1.29 is 0 Å². The first-order valence-corrected chi connectivity index (χ1v) is 7.17. The predicted molar refractivity (Wildman–Crippen MR) is 72.6 cm³/mol. The van der Waals surface area contributed by atoms with Crippen molar-refractivity contribution in [2.75, 3.05) is 11.4 Å². The maximum Gasteiger partial charge on any atom is 0.147 e. The van der Waals surface area contributed by atoms with Crippen molar-refractivity contribution in [3.63, 3.8) is 0 Å². The van der Waals surface area contributed by atoms with Crippen molar-refractivity contribution in [2.24, 2.45) is 0 Å². The highest BCUT2D eigenvalue weighted by Crippen LogP contribution is 2.25. The average molecular weight is 246 g/mol. The molecule has 3 rings (SSSR count). The van der Waals surface area contributed by atoms with Crippen molar-refractivity contribution in [3.8, 4) is 0 Å². The van der Waals surface area contributed by atoms with Crippen LogP contribution in [0.3, 0.4) is 0 Å². The molecule has 1 saturated carbocycles. The van der Waals surface area contributed by atoms with Gasteiger partial charge in [0.05, 0.1) is 18.1 Å². The first-order chi connectivity index (χ1) is 8.86. The molecule has 0 bridgehead atoms. The Labute approximate surface area is 109 Å². The fourth-order valence-electron chi connectivity index (χ4n) is 2.69. The van der Waals surface area contributed by atoms with E-state index in [2.05, 4.69) is 27.1 Å². The van der Waals surface area contributed by atoms with Gasteiger partial charge in [-0.3, -0.25) is 4.98 Å². The Hall–Kier alpha value is -1.16. The van der Waals surface area contributed by atoms with Crippen LogP contribution in [-0.4, -0.2) is 28.6 Å². The molecule has 1 aliphatic carbocycles. The lowest BCUT2D eigenvalue weighted by molar-refractivity contribution is 0.636. The zero-order valence-electron chi connectivity index (χ0n) is 11.1. The molecule has 1 unspecified atom stereocenters. The van der Waals surface area contributed by atoms with Crippen LogP contribution in [0.5, 0.6) is 0 Å². The molecule has 1 aromatic heterocycles. The highest BCUT2D eigenvalue weighted by molar-refractivity contribution is 5.38. The number of anilines is 1. The maximum atomic E-state index is 4.58. The van der Waals surface area contributed by atoms with Gasteiger partial charge in [0.2, 0.25) is 0 Å². The van der Waals surface area contributed by atoms with Crippen LogP contribution in [0.25, 0.3) is 0 Å². The molecule has 4 heteroatoms. The molecule has 18 heavy (non-hydrogen) atoms. The Morgan fingerprint density at radius 1 is 1.28 bits per heavy atom. The Morgan fingerprint density at radius 3 is 2.83 bits per heavy atom. The lowest BCUT2D eigenvalue weighted by atomic mass is 10.2. The van der Waals surface area contributed by atoms with Gasteiger partial charge in [-0.25, -0.2) is 4.98 Å². The van der Waals surface area contributed by atoms with Gasteiger partial charge in [-0.1, -0.05) is 6.92 Å². The number of nitrogens with one attached hydrogen (secondary N) is 1.